The second-order valence-electron chi connectivity index (χ2n) is 6.41. The maximum absolute atomic E-state index is 12.5. The molecule has 0 saturated carbocycles. The molecule has 2 heterocycles. The molecule has 0 bridgehead atoms. The highest BCUT2D eigenvalue weighted by atomic mass is 16.5. The second-order valence-corrected chi connectivity index (χ2v) is 6.41. The van der Waals surface area contributed by atoms with Crippen LogP contribution in [0, 0.1) is 13.8 Å². The van der Waals surface area contributed by atoms with Crippen molar-refractivity contribution in [1.29, 1.82) is 0 Å². The van der Waals surface area contributed by atoms with E-state index in [1.54, 1.807) is 7.05 Å². The first-order valence-electron chi connectivity index (χ1n) is 8.56. The van der Waals surface area contributed by atoms with E-state index in [4.69, 9.17) is 4.74 Å². The van der Waals surface area contributed by atoms with Gasteiger partial charge in [-0.15, -0.1) is 5.10 Å². The van der Waals surface area contributed by atoms with E-state index in [0.29, 0.717) is 12.3 Å². The smallest absolute Gasteiger partial charge is 0.379 e. The molecule has 0 fully saturated rings. The molecule has 0 N–H and O–H groups in total. The van der Waals surface area contributed by atoms with Crippen LogP contribution in [0.3, 0.4) is 0 Å². The lowest BCUT2D eigenvalue weighted by Gasteiger charge is -2.21. The van der Waals surface area contributed by atoms with Gasteiger partial charge in [0.05, 0.1) is 0 Å². The first-order valence-corrected chi connectivity index (χ1v) is 8.56. The molecular weight excluding hydrogens is 346 g/mol. The molecule has 0 unspecified atom stereocenters. The number of carbonyl (C=O) groups excluding carboxylic acids is 2. The highest BCUT2D eigenvalue weighted by molar-refractivity contribution is 5.89. The Morgan fingerprint density at radius 1 is 1.19 bits per heavy atom. The summed E-state index contributed by atoms with van der Waals surface area (Å²) in [6.07, 6.45) is -0.950. The van der Waals surface area contributed by atoms with Crippen molar-refractivity contribution in [1.82, 2.24) is 24.5 Å². The number of ether oxygens (including phenoxy) is 1. The van der Waals surface area contributed by atoms with Crippen LogP contribution in [0.25, 0.3) is 5.78 Å². The van der Waals surface area contributed by atoms with Gasteiger partial charge >= 0.3 is 5.97 Å². The summed E-state index contributed by atoms with van der Waals surface area (Å²) in [6, 6.07) is 11.4. The Morgan fingerprint density at radius 3 is 2.59 bits per heavy atom. The lowest BCUT2D eigenvalue weighted by Crippen LogP contribution is -2.37. The van der Waals surface area contributed by atoms with Crippen LogP contribution < -0.4 is 0 Å². The van der Waals surface area contributed by atoms with Crippen LogP contribution in [0.4, 0.5) is 0 Å². The van der Waals surface area contributed by atoms with Crippen molar-refractivity contribution in [2.45, 2.75) is 33.4 Å². The number of aromatic nitrogens is 4. The lowest BCUT2D eigenvalue weighted by atomic mass is 10.2. The molecule has 3 rings (SSSR count). The summed E-state index contributed by atoms with van der Waals surface area (Å²) in [5.74, 6) is -0.867. The molecule has 27 heavy (non-hydrogen) atoms. The van der Waals surface area contributed by atoms with E-state index in [9.17, 15) is 9.59 Å². The van der Waals surface area contributed by atoms with Crippen molar-refractivity contribution in [3.8, 4) is 0 Å². The molecule has 0 spiro atoms. The number of rotatable bonds is 5. The largest absolute Gasteiger partial charge is 0.447 e. The second kappa shape index (κ2) is 7.53. The zero-order chi connectivity index (χ0) is 19.6. The van der Waals surface area contributed by atoms with Crippen LogP contribution in [-0.4, -0.2) is 49.5 Å². The molecule has 0 radical (unpaired) electrons. The number of hydrogen-bond donors (Lipinski definition) is 0. The van der Waals surface area contributed by atoms with E-state index in [1.807, 2.05) is 50.2 Å². The van der Waals surface area contributed by atoms with Gasteiger partial charge in [0, 0.05) is 25.0 Å². The van der Waals surface area contributed by atoms with Crippen LogP contribution in [0.15, 0.2) is 36.4 Å². The maximum atomic E-state index is 12.5. The van der Waals surface area contributed by atoms with E-state index in [0.717, 1.165) is 17.0 Å². The van der Waals surface area contributed by atoms with E-state index in [2.05, 4.69) is 15.1 Å². The first-order chi connectivity index (χ1) is 12.8. The summed E-state index contributed by atoms with van der Waals surface area (Å²) in [6.45, 7) is 5.64. The van der Waals surface area contributed by atoms with E-state index in [1.165, 1.54) is 16.3 Å². The van der Waals surface area contributed by atoms with Crippen LogP contribution in [-0.2, 0) is 16.1 Å². The summed E-state index contributed by atoms with van der Waals surface area (Å²) in [5, 5.41) is 4.12. The summed E-state index contributed by atoms with van der Waals surface area (Å²) < 4.78 is 6.73. The number of carbonyl (C=O) groups is 2. The molecular formula is C19H21N5O3. The Bertz CT molecular complexity index is 984. The van der Waals surface area contributed by atoms with Gasteiger partial charge in [0.15, 0.2) is 6.10 Å². The van der Waals surface area contributed by atoms with Crippen molar-refractivity contribution in [2.24, 2.45) is 0 Å². The van der Waals surface area contributed by atoms with Gasteiger partial charge in [-0.05, 0) is 32.4 Å². The molecule has 140 valence electrons. The predicted octanol–water partition coefficient (Wildman–Crippen LogP) is 1.95. The van der Waals surface area contributed by atoms with Gasteiger partial charge in [0.25, 0.3) is 17.5 Å². The minimum absolute atomic E-state index is 0.124. The molecule has 3 aromatic rings. The van der Waals surface area contributed by atoms with Crippen LogP contribution in [0.1, 0.15) is 34.5 Å². The zero-order valence-electron chi connectivity index (χ0n) is 15.7. The topological polar surface area (TPSA) is 89.7 Å². The Morgan fingerprint density at radius 2 is 1.89 bits per heavy atom. The van der Waals surface area contributed by atoms with Gasteiger partial charge in [0.2, 0.25) is 0 Å². The first kappa shape index (κ1) is 18.5. The molecule has 1 amide bonds. The number of esters is 1. The summed E-state index contributed by atoms with van der Waals surface area (Å²) in [5.41, 5.74) is 2.57. The molecule has 0 saturated heterocycles. The normalized spacial score (nSPS) is 12.0. The number of benzene rings is 1. The molecule has 0 aliphatic heterocycles. The van der Waals surface area contributed by atoms with Crippen LogP contribution >= 0.6 is 0 Å². The zero-order valence-corrected chi connectivity index (χ0v) is 15.7. The van der Waals surface area contributed by atoms with Crippen LogP contribution in [0.2, 0.25) is 0 Å². The number of likely N-dealkylation sites (N-methyl/N-ethyl adjacent to an activating group) is 1. The Balaban J connectivity index is 1.68. The molecule has 1 atom stereocenters. The predicted molar refractivity (Wildman–Crippen MR) is 98.0 cm³/mol. The van der Waals surface area contributed by atoms with Gasteiger partial charge < -0.3 is 9.64 Å². The average molecular weight is 367 g/mol. The molecule has 0 aliphatic rings. The number of aryl methyl sites for hydroxylation is 2. The van der Waals surface area contributed by atoms with E-state index in [-0.39, 0.29) is 11.7 Å². The Hall–Kier alpha value is -3.29. The maximum Gasteiger partial charge on any atom is 0.379 e. The fourth-order valence-electron chi connectivity index (χ4n) is 2.76. The monoisotopic (exact) mass is 367 g/mol. The molecule has 8 heteroatoms. The standard InChI is InChI=1S/C19H21N5O3/c1-12-10-13(2)24-19(20-12)21-16(22-24)18(26)27-14(3)17(25)23(4)11-15-8-6-5-7-9-15/h5-10,14H,11H2,1-4H3/t14-/m0/s1. The van der Waals surface area contributed by atoms with Crippen LogP contribution in [0.5, 0.6) is 0 Å². The number of amides is 1. The Kier molecular flexibility index (Phi) is 5.16. The van der Waals surface area contributed by atoms with E-state index < -0.39 is 12.1 Å². The fraction of sp³-hybridized carbons (Fsp3) is 0.316. The number of nitrogens with zero attached hydrogens (tertiary/aromatic N) is 5. The summed E-state index contributed by atoms with van der Waals surface area (Å²) in [7, 11) is 1.67. The molecule has 0 aliphatic carbocycles. The van der Waals surface area contributed by atoms with Gasteiger partial charge in [-0.1, -0.05) is 30.3 Å². The van der Waals surface area contributed by atoms with Gasteiger partial charge in [0.1, 0.15) is 0 Å². The van der Waals surface area contributed by atoms with Crippen molar-refractivity contribution in [2.75, 3.05) is 7.05 Å². The fourth-order valence-corrected chi connectivity index (χ4v) is 2.76. The molecule has 2 aromatic heterocycles. The molecule has 8 nitrogen and oxygen atoms in total. The van der Waals surface area contributed by atoms with Gasteiger partial charge in [-0.3, -0.25) is 4.79 Å². The third-order valence-electron chi connectivity index (χ3n) is 4.07. The van der Waals surface area contributed by atoms with Gasteiger partial charge in [-0.2, -0.15) is 4.98 Å². The van der Waals surface area contributed by atoms with Crippen molar-refractivity contribution >= 4 is 17.7 Å². The third kappa shape index (κ3) is 4.11. The third-order valence-corrected chi connectivity index (χ3v) is 4.07. The SMILES string of the molecule is Cc1cc(C)n2nc(C(=O)O[C@@H](C)C(=O)N(C)Cc3ccccc3)nc2n1. The summed E-state index contributed by atoms with van der Waals surface area (Å²) >= 11 is 0. The highest BCUT2D eigenvalue weighted by Gasteiger charge is 2.25. The minimum atomic E-state index is -0.950. The summed E-state index contributed by atoms with van der Waals surface area (Å²) in [4.78, 5) is 34.7. The number of fused-ring (bicyclic) bond motifs is 1. The number of hydrogen-bond acceptors (Lipinski definition) is 6. The average Bonchev–Trinajstić information content (AvgIpc) is 3.06. The minimum Gasteiger partial charge on any atom is -0.447 e. The Labute approximate surface area is 156 Å². The van der Waals surface area contributed by atoms with Crippen molar-refractivity contribution in [3.05, 3.63) is 59.2 Å². The molecule has 1 aromatic carbocycles. The van der Waals surface area contributed by atoms with Crippen molar-refractivity contribution in [3.63, 3.8) is 0 Å². The van der Waals surface area contributed by atoms with Crippen molar-refractivity contribution < 1.29 is 14.3 Å². The quantitative estimate of drug-likeness (QED) is 0.640. The lowest BCUT2D eigenvalue weighted by molar-refractivity contribution is -0.139. The van der Waals surface area contributed by atoms with E-state index >= 15 is 0 Å². The highest BCUT2D eigenvalue weighted by Crippen LogP contribution is 2.09. The van der Waals surface area contributed by atoms with Gasteiger partial charge in [-0.25, -0.2) is 14.3 Å².